The monoisotopic (exact) mass is 489 g/mol. The van der Waals surface area contributed by atoms with E-state index in [0.29, 0.717) is 5.56 Å². The van der Waals surface area contributed by atoms with E-state index in [1.165, 1.54) is 44.2 Å². The SMILES string of the molecule is Cc1cccc(N(c2ccc(C#N)cc2)c2ccc3c(c2)c2cccc4c2n3-c2ccccc2C4(C)C)c1. The first-order valence-electron chi connectivity index (χ1n) is 13.0. The van der Waals surface area contributed by atoms with Gasteiger partial charge in [0.2, 0.25) is 0 Å². The zero-order valence-electron chi connectivity index (χ0n) is 21.7. The van der Waals surface area contributed by atoms with E-state index in [1.54, 1.807) is 0 Å². The van der Waals surface area contributed by atoms with Gasteiger partial charge in [-0.05, 0) is 84.3 Å². The van der Waals surface area contributed by atoms with Crippen LogP contribution in [0.2, 0.25) is 0 Å². The third-order valence-electron chi connectivity index (χ3n) is 8.04. The summed E-state index contributed by atoms with van der Waals surface area (Å²) in [5.41, 5.74) is 11.4. The Morgan fingerprint density at radius 2 is 1.39 bits per heavy atom. The van der Waals surface area contributed by atoms with Crippen LogP contribution in [0.25, 0.3) is 27.5 Å². The first kappa shape index (κ1) is 22.4. The minimum absolute atomic E-state index is 0.0839. The van der Waals surface area contributed by atoms with Gasteiger partial charge in [0, 0.05) is 33.2 Å². The highest BCUT2D eigenvalue weighted by Gasteiger charge is 2.34. The normalized spacial score (nSPS) is 13.3. The lowest BCUT2D eigenvalue weighted by molar-refractivity contribution is 0.630. The molecular weight excluding hydrogens is 462 g/mol. The van der Waals surface area contributed by atoms with Crippen LogP contribution in [-0.4, -0.2) is 4.57 Å². The summed E-state index contributed by atoms with van der Waals surface area (Å²) >= 11 is 0. The van der Waals surface area contributed by atoms with Crippen molar-refractivity contribution in [3.63, 3.8) is 0 Å². The average Bonchev–Trinajstić information content (AvgIpc) is 3.27. The van der Waals surface area contributed by atoms with Gasteiger partial charge < -0.3 is 9.47 Å². The van der Waals surface area contributed by atoms with Gasteiger partial charge in [-0.25, -0.2) is 0 Å². The molecule has 1 aliphatic heterocycles. The number of rotatable bonds is 3. The van der Waals surface area contributed by atoms with Crippen molar-refractivity contribution in [2.75, 3.05) is 4.90 Å². The van der Waals surface area contributed by atoms with Crippen LogP contribution >= 0.6 is 0 Å². The molecule has 0 fully saturated rings. The third-order valence-corrected chi connectivity index (χ3v) is 8.04. The van der Waals surface area contributed by atoms with Gasteiger partial charge in [-0.3, -0.25) is 0 Å². The van der Waals surface area contributed by atoms with Crippen LogP contribution in [0.4, 0.5) is 17.1 Å². The fourth-order valence-electron chi connectivity index (χ4n) is 6.19. The smallest absolute Gasteiger partial charge is 0.0991 e. The molecule has 3 nitrogen and oxygen atoms in total. The molecule has 0 amide bonds. The Kier molecular flexibility index (Phi) is 4.77. The van der Waals surface area contributed by atoms with Crippen molar-refractivity contribution in [2.24, 2.45) is 0 Å². The van der Waals surface area contributed by atoms with Gasteiger partial charge in [0.15, 0.2) is 0 Å². The number of anilines is 3. The van der Waals surface area contributed by atoms with Crippen molar-refractivity contribution >= 4 is 38.9 Å². The quantitative estimate of drug-likeness (QED) is 0.248. The summed E-state index contributed by atoms with van der Waals surface area (Å²) in [5.74, 6) is 0. The number of nitrogens with zero attached hydrogens (tertiary/aromatic N) is 3. The molecule has 0 aliphatic carbocycles. The summed E-state index contributed by atoms with van der Waals surface area (Å²) < 4.78 is 2.45. The molecule has 0 saturated carbocycles. The number of fused-ring (bicyclic) bond motifs is 5. The average molecular weight is 490 g/mol. The standard InChI is InChI=1S/C35H27N3/c1-23-8-6-9-26(20-23)37(25-16-14-24(22-36)15-17-25)27-18-19-32-29(21-27)28-10-7-12-31-34(28)38(32)33-13-5-4-11-30(33)35(31,2)3/h4-21H,1-3H3. The minimum Gasteiger partial charge on any atom is -0.310 e. The number of aryl methyl sites for hydroxylation is 1. The van der Waals surface area contributed by atoms with E-state index in [1.807, 2.05) is 24.3 Å². The van der Waals surface area contributed by atoms with Crippen LogP contribution in [0.1, 0.15) is 36.1 Å². The summed E-state index contributed by atoms with van der Waals surface area (Å²) in [7, 11) is 0. The Balaban J connectivity index is 1.52. The zero-order chi connectivity index (χ0) is 26.0. The van der Waals surface area contributed by atoms with Crippen molar-refractivity contribution < 1.29 is 0 Å². The molecule has 0 atom stereocenters. The molecule has 6 aromatic rings. The van der Waals surface area contributed by atoms with Crippen molar-refractivity contribution in [1.29, 1.82) is 5.26 Å². The maximum atomic E-state index is 9.35. The van der Waals surface area contributed by atoms with E-state index in [2.05, 4.69) is 121 Å². The molecule has 0 radical (unpaired) electrons. The van der Waals surface area contributed by atoms with Crippen molar-refractivity contribution in [2.45, 2.75) is 26.2 Å². The minimum atomic E-state index is -0.0839. The van der Waals surface area contributed by atoms with E-state index < -0.39 is 0 Å². The number of nitriles is 1. The molecule has 0 bridgehead atoms. The highest BCUT2D eigenvalue weighted by molar-refractivity contribution is 6.12. The van der Waals surface area contributed by atoms with Gasteiger partial charge >= 0.3 is 0 Å². The summed E-state index contributed by atoms with van der Waals surface area (Å²) in [6, 6.07) is 41.0. The lowest BCUT2D eigenvalue weighted by Crippen LogP contribution is -2.26. The van der Waals surface area contributed by atoms with E-state index in [9.17, 15) is 5.26 Å². The lowest BCUT2D eigenvalue weighted by atomic mass is 9.75. The van der Waals surface area contributed by atoms with Crippen molar-refractivity contribution in [1.82, 2.24) is 4.57 Å². The number of aromatic nitrogens is 1. The highest BCUT2D eigenvalue weighted by Crippen LogP contribution is 2.48. The summed E-state index contributed by atoms with van der Waals surface area (Å²) in [5, 5.41) is 11.9. The van der Waals surface area contributed by atoms with E-state index in [-0.39, 0.29) is 5.41 Å². The zero-order valence-corrected chi connectivity index (χ0v) is 21.7. The van der Waals surface area contributed by atoms with Crippen molar-refractivity contribution in [3.05, 3.63) is 131 Å². The number of benzene rings is 5. The molecule has 3 heteroatoms. The van der Waals surface area contributed by atoms with Crippen LogP contribution in [0.3, 0.4) is 0 Å². The number of hydrogen-bond acceptors (Lipinski definition) is 2. The van der Waals surface area contributed by atoms with E-state index >= 15 is 0 Å². The first-order chi connectivity index (χ1) is 18.5. The van der Waals surface area contributed by atoms with E-state index in [4.69, 9.17) is 0 Å². The van der Waals surface area contributed by atoms with Gasteiger partial charge in [-0.2, -0.15) is 5.26 Å². The molecule has 0 N–H and O–H groups in total. The van der Waals surface area contributed by atoms with Gasteiger partial charge in [0.05, 0.1) is 28.4 Å². The third kappa shape index (κ3) is 3.14. The number of para-hydroxylation sites is 2. The Morgan fingerprint density at radius 3 is 2.18 bits per heavy atom. The molecule has 0 unspecified atom stereocenters. The fraction of sp³-hybridized carbons (Fsp3) is 0.114. The molecule has 7 rings (SSSR count). The van der Waals surface area contributed by atoms with Gasteiger partial charge in [-0.15, -0.1) is 0 Å². The Bertz CT molecular complexity index is 1920. The highest BCUT2D eigenvalue weighted by atomic mass is 15.1. The molecule has 0 saturated heterocycles. The molecule has 2 heterocycles. The van der Waals surface area contributed by atoms with Gasteiger partial charge in [0.25, 0.3) is 0 Å². The second kappa shape index (κ2) is 8.10. The van der Waals surface area contributed by atoms with Crippen LogP contribution in [0.5, 0.6) is 0 Å². The van der Waals surface area contributed by atoms with Crippen LogP contribution in [0.15, 0.2) is 109 Å². The second-order valence-corrected chi connectivity index (χ2v) is 10.7. The molecule has 1 aromatic heterocycles. The first-order valence-corrected chi connectivity index (χ1v) is 13.0. The van der Waals surface area contributed by atoms with Crippen LogP contribution in [0, 0.1) is 18.3 Å². The van der Waals surface area contributed by atoms with Gasteiger partial charge in [-0.1, -0.05) is 62.4 Å². The molecule has 0 spiro atoms. The largest absolute Gasteiger partial charge is 0.310 e. The lowest BCUT2D eigenvalue weighted by Gasteiger charge is -2.34. The molecule has 1 aliphatic rings. The molecule has 38 heavy (non-hydrogen) atoms. The predicted molar refractivity (Wildman–Crippen MR) is 157 cm³/mol. The Morgan fingerprint density at radius 1 is 0.684 bits per heavy atom. The van der Waals surface area contributed by atoms with Crippen LogP contribution < -0.4 is 4.90 Å². The summed E-state index contributed by atoms with van der Waals surface area (Å²) in [6.45, 7) is 6.78. The maximum absolute atomic E-state index is 9.35. The maximum Gasteiger partial charge on any atom is 0.0991 e. The molecule has 182 valence electrons. The topological polar surface area (TPSA) is 32.0 Å². The van der Waals surface area contributed by atoms with Gasteiger partial charge in [0.1, 0.15) is 0 Å². The Labute approximate surface area is 222 Å². The predicted octanol–water partition coefficient (Wildman–Crippen LogP) is 9.07. The Hall–Kier alpha value is -4.81. The van der Waals surface area contributed by atoms with Crippen molar-refractivity contribution in [3.8, 4) is 11.8 Å². The summed E-state index contributed by atoms with van der Waals surface area (Å²) in [4.78, 5) is 2.28. The molecular formula is C35H27N3. The number of hydrogen-bond donors (Lipinski definition) is 0. The van der Waals surface area contributed by atoms with Crippen LogP contribution in [-0.2, 0) is 5.41 Å². The van der Waals surface area contributed by atoms with E-state index in [0.717, 1.165) is 17.1 Å². The fourth-order valence-corrected chi connectivity index (χ4v) is 6.19. The summed E-state index contributed by atoms with van der Waals surface area (Å²) in [6.07, 6.45) is 0. The second-order valence-electron chi connectivity index (χ2n) is 10.7. The molecule has 5 aromatic carbocycles.